The number of rotatable bonds is 2. The number of carbonyl (C=O) groups excluding carboxylic acids is 1. The maximum Gasteiger partial charge on any atom is 0.233 e. The Labute approximate surface area is 135 Å². The maximum absolute atomic E-state index is 13.1. The second kappa shape index (κ2) is 5.02. The molecular weight excluding hydrogens is 296 g/mol. The number of likely N-dealkylation sites (tertiary alicyclic amines) is 1. The van der Waals surface area contributed by atoms with Crippen molar-refractivity contribution < 1.29 is 4.79 Å². The number of piperidine rings is 1. The number of amides is 1. The lowest BCUT2D eigenvalue weighted by Gasteiger charge is -2.33. The Morgan fingerprint density at radius 1 is 1.32 bits per heavy atom. The molecule has 4 heteroatoms. The van der Waals surface area contributed by atoms with E-state index in [1.54, 1.807) is 0 Å². The molecule has 1 aromatic carbocycles. The molecule has 1 aromatic heterocycles. The van der Waals surface area contributed by atoms with Crippen LogP contribution in [-0.2, 0) is 10.2 Å². The first-order chi connectivity index (χ1) is 10.6. The summed E-state index contributed by atoms with van der Waals surface area (Å²) in [7, 11) is 0. The number of H-pyrrole nitrogens is 1. The Bertz CT molecular complexity index is 724. The van der Waals surface area contributed by atoms with Gasteiger partial charge >= 0.3 is 0 Å². The van der Waals surface area contributed by atoms with Crippen LogP contribution in [0.15, 0.2) is 24.4 Å². The van der Waals surface area contributed by atoms with Crippen molar-refractivity contribution in [1.82, 2.24) is 9.88 Å². The summed E-state index contributed by atoms with van der Waals surface area (Å²) >= 11 is 6.15. The lowest BCUT2D eigenvalue weighted by molar-refractivity contribution is -0.135. The lowest BCUT2D eigenvalue weighted by atomic mass is 9.91. The maximum atomic E-state index is 13.1. The second-order valence-corrected chi connectivity index (χ2v) is 7.39. The Kier molecular flexibility index (Phi) is 3.23. The Hall–Kier alpha value is -1.48. The molecule has 1 aliphatic heterocycles. The van der Waals surface area contributed by atoms with E-state index in [9.17, 15) is 4.79 Å². The Morgan fingerprint density at radius 3 is 2.73 bits per heavy atom. The van der Waals surface area contributed by atoms with E-state index < -0.39 is 0 Å². The summed E-state index contributed by atoms with van der Waals surface area (Å²) in [5.74, 6) is 1.06. The number of carbonyl (C=O) groups is 1. The van der Waals surface area contributed by atoms with Gasteiger partial charge in [-0.05, 0) is 55.4 Å². The van der Waals surface area contributed by atoms with Crippen LogP contribution < -0.4 is 0 Å². The van der Waals surface area contributed by atoms with Gasteiger partial charge in [-0.2, -0.15) is 0 Å². The molecule has 2 fully saturated rings. The predicted molar refractivity (Wildman–Crippen MR) is 89.2 cm³/mol. The average molecular weight is 317 g/mol. The molecule has 1 N–H and O–H groups in total. The van der Waals surface area contributed by atoms with Crippen molar-refractivity contribution in [2.45, 2.75) is 38.0 Å². The minimum atomic E-state index is -0.302. The van der Waals surface area contributed by atoms with Gasteiger partial charge in [0.15, 0.2) is 0 Å². The molecule has 2 heterocycles. The van der Waals surface area contributed by atoms with Crippen molar-refractivity contribution in [2.75, 3.05) is 13.1 Å². The van der Waals surface area contributed by atoms with Crippen LogP contribution in [0.25, 0.3) is 10.9 Å². The first kappa shape index (κ1) is 14.1. The molecule has 0 unspecified atom stereocenters. The first-order valence-corrected chi connectivity index (χ1v) is 8.54. The smallest absolute Gasteiger partial charge is 0.233 e. The fraction of sp³-hybridized carbons (Fsp3) is 0.500. The molecule has 0 spiro atoms. The number of halogens is 1. The summed E-state index contributed by atoms with van der Waals surface area (Å²) in [4.78, 5) is 18.5. The molecule has 0 atom stereocenters. The van der Waals surface area contributed by atoms with Crippen LogP contribution in [-0.4, -0.2) is 28.9 Å². The van der Waals surface area contributed by atoms with Gasteiger partial charge in [-0.25, -0.2) is 0 Å². The highest BCUT2D eigenvalue weighted by molar-refractivity contribution is 6.31. The van der Waals surface area contributed by atoms with Crippen molar-refractivity contribution >= 4 is 28.4 Å². The van der Waals surface area contributed by atoms with Crippen molar-refractivity contribution in [3.63, 3.8) is 0 Å². The monoisotopic (exact) mass is 316 g/mol. The van der Waals surface area contributed by atoms with Gasteiger partial charge in [-0.3, -0.25) is 4.79 Å². The summed E-state index contributed by atoms with van der Waals surface area (Å²) in [5, 5.41) is 1.83. The molecule has 1 amide bonds. The lowest BCUT2D eigenvalue weighted by Crippen LogP contribution is -2.43. The zero-order chi connectivity index (χ0) is 15.3. The number of fused-ring (bicyclic) bond motifs is 1. The molecule has 0 radical (unpaired) electrons. The normalized spacial score (nSPS) is 21.3. The topological polar surface area (TPSA) is 36.1 Å². The van der Waals surface area contributed by atoms with Crippen LogP contribution in [0.5, 0.6) is 0 Å². The van der Waals surface area contributed by atoms with E-state index in [1.807, 2.05) is 24.4 Å². The second-order valence-electron chi connectivity index (χ2n) is 6.95. The van der Waals surface area contributed by atoms with Crippen LogP contribution in [0.2, 0.25) is 5.02 Å². The predicted octanol–water partition coefficient (Wildman–Crippen LogP) is 4.11. The van der Waals surface area contributed by atoms with Crippen molar-refractivity contribution in [3.05, 3.63) is 35.0 Å². The minimum Gasteiger partial charge on any atom is -0.361 e. The summed E-state index contributed by atoms with van der Waals surface area (Å²) in [6, 6.07) is 5.86. The first-order valence-electron chi connectivity index (χ1n) is 8.17. The largest absolute Gasteiger partial charge is 0.361 e. The fourth-order valence-corrected chi connectivity index (χ4v) is 3.90. The zero-order valence-electron chi connectivity index (χ0n) is 12.9. The summed E-state index contributed by atoms with van der Waals surface area (Å²) in [5.41, 5.74) is 1.89. The van der Waals surface area contributed by atoms with E-state index in [1.165, 1.54) is 0 Å². The number of nitrogens with zero attached hydrogens (tertiary/aromatic N) is 1. The van der Waals surface area contributed by atoms with Crippen molar-refractivity contribution in [3.8, 4) is 0 Å². The van der Waals surface area contributed by atoms with Crippen LogP contribution in [0.4, 0.5) is 0 Å². The SMILES string of the molecule is CC1CCN(C(=O)C2(c3c[nH]c4ccc(Cl)cc34)CC2)CC1. The number of benzene rings is 1. The van der Waals surface area contributed by atoms with Gasteiger partial charge in [0.05, 0.1) is 5.41 Å². The molecular formula is C18H21ClN2O. The quantitative estimate of drug-likeness (QED) is 0.889. The van der Waals surface area contributed by atoms with Crippen molar-refractivity contribution in [1.29, 1.82) is 0 Å². The number of aromatic amines is 1. The molecule has 1 aliphatic carbocycles. The number of aromatic nitrogens is 1. The summed E-state index contributed by atoms with van der Waals surface area (Å²) < 4.78 is 0. The molecule has 4 rings (SSSR count). The standard InChI is InChI=1S/C18H21ClN2O/c1-12-4-8-21(9-5-12)17(22)18(6-7-18)15-11-20-16-3-2-13(19)10-14(15)16/h2-3,10-12,20H,4-9H2,1H3. The van der Waals surface area contributed by atoms with Gasteiger partial charge in [-0.1, -0.05) is 18.5 Å². The van der Waals surface area contributed by atoms with Gasteiger partial charge in [0.1, 0.15) is 0 Å². The van der Waals surface area contributed by atoms with E-state index in [2.05, 4.69) is 16.8 Å². The van der Waals surface area contributed by atoms with Gasteiger partial charge in [0, 0.05) is 35.2 Å². The molecule has 1 saturated carbocycles. The third-order valence-corrected chi connectivity index (χ3v) is 5.62. The number of nitrogens with one attached hydrogen (secondary N) is 1. The number of hydrogen-bond acceptors (Lipinski definition) is 1. The number of hydrogen-bond donors (Lipinski definition) is 1. The summed E-state index contributed by atoms with van der Waals surface area (Å²) in [6.07, 6.45) is 6.18. The van der Waals surface area contributed by atoms with Gasteiger partial charge in [0.2, 0.25) is 5.91 Å². The van der Waals surface area contributed by atoms with Crippen LogP contribution in [0, 0.1) is 5.92 Å². The van der Waals surface area contributed by atoms with E-state index in [0.29, 0.717) is 5.91 Å². The van der Waals surface area contributed by atoms with E-state index in [4.69, 9.17) is 11.6 Å². The third-order valence-electron chi connectivity index (χ3n) is 5.39. The molecule has 0 bridgehead atoms. The highest BCUT2D eigenvalue weighted by atomic mass is 35.5. The molecule has 2 aromatic rings. The van der Waals surface area contributed by atoms with E-state index in [-0.39, 0.29) is 5.41 Å². The van der Waals surface area contributed by atoms with Crippen LogP contribution in [0.1, 0.15) is 38.2 Å². The Morgan fingerprint density at radius 2 is 2.05 bits per heavy atom. The zero-order valence-corrected chi connectivity index (χ0v) is 13.6. The third kappa shape index (κ3) is 2.14. The van der Waals surface area contributed by atoms with E-state index >= 15 is 0 Å². The fourth-order valence-electron chi connectivity index (χ4n) is 3.73. The molecule has 2 aliphatic rings. The highest BCUT2D eigenvalue weighted by Gasteiger charge is 2.54. The van der Waals surface area contributed by atoms with Gasteiger partial charge in [-0.15, -0.1) is 0 Å². The van der Waals surface area contributed by atoms with Crippen molar-refractivity contribution in [2.24, 2.45) is 5.92 Å². The molecule has 1 saturated heterocycles. The molecule has 22 heavy (non-hydrogen) atoms. The van der Waals surface area contributed by atoms with Gasteiger partial charge in [0.25, 0.3) is 0 Å². The summed E-state index contributed by atoms with van der Waals surface area (Å²) in [6.45, 7) is 4.09. The minimum absolute atomic E-state index is 0.302. The molecule has 3 nitrogen and oxygen atoms in total. The van der Waals surface area contributed by atoms with Gasteiger partial charge < -0.3 is 9.88 Å². The van der Waals surface area contributed by atoms with E-state index in [0.717, 1.165) is 66.2 Å². The average Bonchev–Trinajstić information content (AvgIpc) is 3.22. The van der Waals surface area contributed by atoms with Crippen LogP contribution in [0.3, 0.4) is 0 Å². The molecule has 116 valence electrons. The Balaban J connectivity index is 1.68. The van der Waals surface area contributed by atoms with Crippen LogP contribution >= 0.6 is 11.6 Å². The highest BCUT2D eigenvalue weighted by Crippen LogP contribution is 2.52.